The molecule has 0 spiro atoms. The maximum atomic E-state index is 12.9. The monoisotopic (exact) mass is 500 g/mol. The number of amides is 3. The van der Waals surface area contributed by atoms with Crippen LogP contribution in [0.4, 0.5) is 24.5 Å². The standard InChI is InChI=1S/C21H20ClF3N4O5/c1-11(8-18(30)26-12-4-6-15(22)14(9-12)21(23,24)25)28-29-20(32)19(31)27-16-7-5-13(33-2)10-17(16)34-3/h4-7,9-10H,8H2,1-3H3,(H,26,30)(H,27,31)(H,29,32)/b28-11+. The summed E-state index contributed by atoms with van der Waals surface area (Å²) >= 11 is 5.54. The van der Waals surface area contributed by atoms with Gasteiger partial charge in [0.2, 0.25) is 5.91 Å². The highest BCUT2D eigenvalue weighted by atomic mass is 35.5. The lowest BCUT2D eigenvalue weighted by Crippen LogP contribution is -2.33. The molecule has 9 nitrogen and oxygen atoms in total. The average molecular weight is 501 g/mol. The Bertz CT molecular complexity index is 1120. The lowest BCUT2D eigenvalue weighted by Gasteiger charge is -2.12. The Hall–Kier alpha value is -3.80. The number of halogens is 4. The molecule has 3 amide bonds. The highest BCUT2D eigenvalue weighted by molar-refractivity contribution is 6.39. The zero-order valence-corrected chi connectivity index (χ0v) is 18.9. The SMILES string of the molecule is COc1ccc(NC(=O)C(=O)N/N=C(\C)CC(=O)Nc2ccc(Cl)c(C(F)(F)F)c2)c(OC)c1. The fraction of sp³-hybridized carbons (Fsp3) is 0.238. The van der Waals surface area contributed by atoms with Gasteiger partial charge in [0.25, 0.3) is 0 Å². The van der Waals surface area contributed by atoms with Crippen molar-refractivity contribution in [1.82, 2.24) is 5.43 Å². The highest BCUT2D eigenvalue weighted by Gasteiger charge is 2.33. The molecule has 0 heterocycles. The Morgan fingerprint density at radius 3 is 2.32 bits per heavy atom. The van der Waals surface area contributed by atoms with Crippen molar-refractivity contribution in [3.05, 3.63) is 47.0 Å². The van der Waals surface area contributed by atoms with Gasteiger partial charge in [0, 0.05) is 17.5 Å². The van der Waals surface area contributed by atoms with E-state index in [1.165, 1.54) is 39.3 Å². The Morgan fingerprint density at radius 2 is 1.71 bits per heavy atom. The van der Waals surface area contributed by atoms with E-state index in [4.69, 9.17) is 21.1 Å². The van der Waals surface area contributed by atoms with Gasteiger partial charge in [0.05, 0.1) is 36.9 Å². The van der Waals surface area contributed by atoms with Crippen molar-refractivity contribution in [2.24, 2.45) is 5.10 Å². The third-order valence-electron chi connectivity index (χ3n) is 4.18. The summed E-state index contributed by atoms with van der Waals surface area (Å²) in [6.07, 6.45) is -5.05. The fourth-order valence-corrected chi connectivity index (χ4v) is 2.80. The first kappa shape index (κ1) is 26.5. The lowest BCUT2D eigenvalue weighted by atomic mass is 10.2. The smallest absolute Gasteiger partial charge is 0.417 e. The topological polar surface area (TPSA) is 118 Å². The second-order valence-electron chi connectivity index (χ2n) is 6.73. The van der Waals surface area contributed by atoms with Gasteiger partial charge in [0.1, 0.15) is 11.5 Å². The van der Waals surface area contributed by atoms with Crippen LogP contribution in [0.15, 0.2) is 41.5 Å². The first-order valence-corrected chi connectivity index (χ1v) is 9.85. The molecule has 2 aromatic rings. The normalized spacial score (nSPS) is 11.4. The molecule has 0 radical (unpaired) electrons. The van der Waals surface area contributed by atoms with E-state index in [0.717, 1.165) is 6.07 Å². The Morgan fingerprint density at radius 1 is 1.00 bits per heavy atom. The third kappa shape index (κ3) is 7.37. The molecule has 0 aliphatic heterocycles. The number of methoxy groups -OCH3 is 2. The Balaban J connectivity index is 1.94. The van der Waals surface area contributed by atoms with Crippen molar-refractivity contribution >= 4 is 46.4 Å². The van der Waals surface area contributed by atoms with Gasteiger partial charge < -0.3 is 20.1 Å². The van der Waals surface area contributed by atoms with Crippen LogP contribution < -0.4 is 25.5 Å². The van der Waals surface area contributed by atoms with Crippen molar-refractivity contribution in [3.8, 4) is 11.5 Å². The Kier molecular flexibility index (Phi) is 8.84. The molecule has 0 aliphatic rings. The van der Waals surface area contributed by atoms with Crippen LogP contribution in [0.5, 0.6) is 11.5 Å². The zero-order chi connectivity index (χ0) is 25.5. The van der Waals surface area contributed by atoms with Crippen molar-refractivity contribution in [2.75, 3.05) is 24.9 Å². The van der Waals surface area contributed by atoms with Crippen LogP contribution >= 0.6 is 11.6 Å². The van der Waals surface area contributed by atoms with Gasteiger partial charge in [-0.1, -0.05) is 11.6 Å². The van der Waals surface area contributed by atoms with Gasteiger partial charge in [-0.3, -0.25) is 14.4 Å². The number of carbonyl (C=O) groups excluding carboxylic acids is 3. The molecule has 2 rings (SSSR count). The van der Waals surface area contributed by atoms with Gasteiger partial charge in [0.15, 0.2) is 0 Å². The summed E-state index contributed by atoms with van der Waals surface area (Å²) < 4.78 is 49.0. The van der Waals surface area contributed by atoms with Gasteiger partial charge in [-0.05, 0) is 37.3 Å². The van der Waals surface area contributed by atoms with Crippen LogP contribution in [0, 0.1) is 0 Å². The zero-order valence-electron chi connectivity index (χ0n) is 18.2. The predicted octanol–water partition coefficient (Wildman–Crippen LogP) is 3.84. The molecule has 2 aromatic carbocycles. The number of nitrogens with one attached hydrogen (secondary N) is 3. The predicted molar refractivity (Wildman–Crippen MR) is 119 cm³/mol. The number of ether oxygens (including phenoxy) is 2. The van der Waals surface area contributed by atoms with Gasteiger partial charge in [-0.15, -0.1) is 0 Å². The molecule has 34 heavy (non-hydrogen) atoms. The number of hydrazone groups is 1. The quantitative estimate of drug-likeness (QED) is 0.303. The van der Waals surface area contributed by atoms with Gasteiger partial charge >= 0.3 is 18.0 Å². The first-order chi connectivity index (χ1) is 15.9. The van der Waals surface area contributed by atoms with Crippen molar-refractivity contribution < 1.29 is 37.0 Å². The summed E-state index contributed by atoms with van der Waals surface area (Å²) in [5.41, 5.74) is 1.08. The van der Waals surface area contributed by atoms with Crippen LogP contribution in [0.1, 0.15) is 18.9 Å². The molecule has 0 fully saturated rings. The number of anilines is 2. The maximum Gasteiger partial charge on any atom is 0.417 e. The lowest BCUT2D eigenvalue weighted by molar-refractivity contribution is -0.137. The average Bonchev–Trinajstić information content (AvgIpc) is 2.78. The molecule has 0 aromatic heterocycles. The number of nitrogens with zero attached hydrogens (tertiary/aromatic N) is 1. The largest absolute Gasteiger partial charge is 0.497 e. The second-order valence-corrected chi connectivity index (χ2v) is 7.13. The van der Waals surface area contributed by atoms with Crippen LogP contribution in [0.2, 0.25) is 5.02 Å². The van der Waals surface area contributed by atoms with E-state index in [9.17, 15) is 27.6 Å². The van der Waals surface area contributed by atoms with Crippen LogP contribution in [0.25, 0.3) is 0 Å². The fourth-order valence-electron chi connectivity index (χ4n) is 2.58. The first-order valence-electron chi connectivity index (χ1n) is 9.47. The van der Waals surface area contributed by atoms with E-state index in [2.05, 4.69) is 15.7 Å². The minimum atomic E-state index is -4.68. The van der Waals surface area contributed by atoms with Crippen LogP contribution in [0.3, 0.4) is 0 Å². The summed E-state index contributed by atoms with van der Waals surface area (Å²) in [7, 11) is 2.83. The van der Waals surface area contributed by atoms with E-state index in [1.807, 2.05) is 5.43 Å². The molecule has 3 N–H and O–H groups in total. The summed E-state index contributed by atoms with van der Waals surface area (Å²) in [6.45, 7) is 1.38. The molecule has 0 bridgehead atoms. The molecule has 0 saturated heterocycles. The summed E-state index contributed by atoms with van der Waals surface area (Å²) in [6, 6.07) is 7.45. The van der Waals surface area contributed by atoms with Crippen LogP contribution in [-0.4, -0.2) is 37.7 Å². The highest BCUT2D eigenvalue weighted by Crippen LogP contribution is 2.36. The number of carbonyl (C=O) groups is 3. The molecule has 0 saturated carbocycles. The summed E-state index contributed by atoms with van der Waals surface area (Å²) in [5.74, 6) is -2.13. The molecule has 0 aliphatic carbocycles. The van der Waals surface area contributed by atoms with E-state index in [1.54, 1.807) is 6.07 Å². The third-order valence-corrected chi connectivity index (χ3v) is 4.51. The van der Waals surface area contributed by atoms with Crippen molar-refractivity contribution in [2.45, 2.75) is 19.5 Å². The van der Waals surface area contributed by atoms with E-state index < -0.39 is 34.5 Å². The molecule has 13 heteroatoms. The van der Waals surface area contributed by atoms with E-state index >= 15 is 0 Å². The minimum Gasteiger partial charge on any atom is -0.497 e. The molecular formula is C21H20ClF3N4O5. The molecule has 0 atom stereocenters. The number of hydrogen-bond donors (Lipinski definition) is 3. The second kappa shape index (κ2) is 11.4. The molecule has 182 valence electrons. The van der Waals surface area contributed by atoms with Crippen LogP contribution in [-0.2, 0) is 20.6 Å². The van der Waals surface area contributed by atoms with Gasteiger partial charge in [-0.2, -0.15) is 18.3 Å². The molecular weight excluding hydrogens is 481 g/mol. The minimum absolute atomic E-state index is 0.0886. The number of alkyl halides is 3. The Labute approximate surface area is 197 Å². The van der Waals surface area contributed by atoms with E-state index in [0.29, 0.717) is 11.8 Å². The summed E-state index contributed by atoms with van der Waals surface area (Å²) in [5, 5.41) is 7.78. The summed E-state index contributed by atoms with van der Waals surface area (Å²) in [4.78, 5) is 36.2. The number of rotatable bonds is 7. The van der Waals surface area contributed by atoms with E-state index in [-0.39, 0.29) is 29.3 Å². The van der Waals surface area contributed by atoms with Crippen molar-refractivity contribution in [1.29, 1.82) is 0 Å². The van der Waals surface area contributed by atoms with Gasteiger partial charge in [-0.25, -0.2) is 5.43 Å². The molecule has 0 unspecified atom stereocenters. The maximum absolute atomic E-state index is 12.9. The number of benzene rings is 2. The van der Waals surface area contributed by atoms with Crippen molar-refractivity contribution in [3.63, 3.8) is 0 Å². The number of hydrogen-bond acceptors (Lipinski definition) is 6.